The van der Waals surface area contributed by atoms with Gasteiger partial charge in [-0.1, -0.05) is 30.3 Å². The van der Waals surface area contributed by atoms with E-state index in [1.165, 1.54) is 0 Å². The summed E-state index contributed by atoms with van der Waals surface area (Å²) in [6.45, 7) is 1.63. The maximum absolute atomic E-state index is 12.1. The minimum absolute atomic E-state index is 0.0469. The molecule has 0 aliphatic carbocycles. The lowest BCUT2D eigenvalue weighted by atomic mass is 9.80. The molecule has 1 aromatic carbocycles. The Morgan fingerprint density at radius 2 is 2.05 bits per heavy atom. The maximum atomic E-state index is 12.1. The van der Waals surface area contributed by atoms with Crippen molar-refractivity contribution in [1.82, 2.24) is 5.32 Å². The van der Waals surface area contributed by atoms with Crippen LogP contribution < -0.4 is 5.32 Å². The topological polar surface area (TPSA) is 92.7 Å². The summed E-state index contributed by atoms with van der Waals surface area (Å²) in [6, 6.07) is 8.63. The molecule has 20 heavy (non-hydrogen) atoms. The Balaban J connectivity index is 2.50. The van der Waals surface area contributed by atoms with Crippen LogP contribution in [-0.4, -0.2) is 35.1 Å². The number of nitrogens with one attached hydrogen (secondary N) is 1. The van der Waals surface area contributed by atoms with E-state index in [4.69, 9.17) is 4.74 Å². The third-order valence-corrected chi connectivity index (χ3v) is 3.39. The fourth-order valence-corrected chi connectivity index (χ4v) is 2.48. The zero-order valence-electron chi connectivity index (χ0n) is 11.0. The number of hydrogen-bond acceptors (Lipinski definition) is 4. The summed E-state index contributed by atoms with van der Waals surface area (Å²) < 4.78 is 4.86. The Morgan fingerprint density at radius 3 is 2.60 bits per heavy atom. The molecule has 2 atom stereocenters. The van der Waals surface area contributed by atoms with Gasteiger partial charge in [0.1, 0.15) is 0 Å². The maximum Gasteiger partial charge on any atom is 0.344 e. The fourth-order valence-electron chi connectivity index (χ4n) is 2.48. The highest BCUT2D eigenvalue weighted by Gasteiger charge is 2.60. The zero-order valence-corrected chi connectivity index (χ0v) is 11.0. The summed E-state index contributed by atoms with van der Waals surface area (Å²) in [5.74, 6) is -3.61. The molecule has 1 aromatic rings. The number of hydrogen-bond donors (Lipinski definition) is 2. The van der Waals surface area contributed by atoms with Gasteiger partial charge in [0.15, 0.2) is 0 Å². The van der Waals surface area contributed by atoms with Gasteiger partial charge in [-0.25, -0.2) is 9.59 Å². The molecule has 1 heterocycles. The van der Waals surface area contributed by atoms with Crippen molar-refractivity contribution in [3.63, 3.8) is 0 Å². The van der Waals surface area contributed by atoms with Gasteiger partial charge < -0.3 is 15.2 Å². The fraction of sp³-hybridized carbons (Fsp3) is 0.357. The van der Waals surface area contributed by atoms with Gasteiger partial charge in [-0.3, -0.25) is 4.79 Å². The molecule has 6 nitrogen and oxygen atoms in total. The molecule has 6 heteroatoms. The van der Waals surface area contributed by atoms with Crippen LogP contribution in [0.4, 0.5) is 0 Å². The summed E-state index contributed by atoms with van der Waals surface area (Å²) in [4.78, 5) is 35.4. The largest absolute Gasteiger partial charge is 0.479 e. The van der Waals surface area contributed by atoms with Crippen LogP contribution in [0.2, 0.25) is 0 Å². The molecule has 0 radical (unpaired) electrons. The van der Waals surface area contributed by atoms with Gasteiger partial charge in [-0.05, 0) is 12.5 Å². The van der Waals surface area contributed by atoms with E-state index >= 15 is 0 Å². The van der Waals surface area contributed by atoms with E-state index in [1.807, 2.05) is 0 Å². The van der Waals surface area contributed by atoms with E-state index in [1.54, 1.807) is 37.3 Å². The van der Waals surface area contributed by atoms with Gasteiger partial charge in [0.25, 0.3) is 0 Å². The van der Waals surface area contributed by atoms with Crippen molar-refractivity contribution >= 4 is 17.8 Å². The molecule has 1 aliphatic rings. The summed E-state index contributed by atoms with van der Waals surface area (Å²) in [5, 5.41) is 11.8. The highest BCUT2D eigenvalue weighted by Crippen LogP contribution is 2.37. The van der Waals surface area contributed by atoms with Crippen molar-refractivity contribution in [1.29, 1.82) is 0 Å². The van der Waals surface area contributed by atoms with Crippen LogP contribution in [0.15, 0.2) is 30.3 Å². The Hall–Kier alpha value is -2.37. The summed E-state index contributed by atoms with van der Waals surface area (Å²) in [7, 11) is 0. The quantitative estimate of drug-likeness (QED) is 0.623. The molecular weight excluding hydrogens is 262 g/mol. The lowest BCUT2D eigenvalue weighted by Crippen LogP contribution is -2.59. The van der Waals surface area contributed by atoms with Crippen LogP contribution in [0.25, 0.3) is 0 Å². The lowest BCUT2D eigenvalue weighted by Gasteiger charge is -2.28. The molecule has 0 aromatic heterocycles. The molecule has 2 rings (SSSR count). The number of carbonyl (C=O) groups is 3. The van der Waals surface area contributed by atoms with Crippen LogP contribution in [-0.2, 0) is 19.1 Å². The molecule has 0 saturated carbocycles. The Labute approximate surface area is 115 Å². The van der Waals surface area contributed by atoms with E-state index in [-0.39, 0.29) is 13.0 Å². The number of benzene rings is 1. The summed E-state index contributed by atoms with van der Waals surface area (Å²) >= 11 is 0. The first-order chi connectivity index (χ1) is 9.52. The molecule has 0 unspecified atom stereocenters. The Bertz CT molecular complexity index is 542. The van der Waals surface area contributed by atoms with Crippen molar-refractivity contribution in [2.75, 3.05) is 6.61 Å². The number of esters is 1. The molecule has 1 saturated heterocycles. The molecule has 2 N–H and O–H groups in total. The van der Waals surface area contributed by atoms with Gasteiger partial charge in [0.2, 0.25) is 11.4 Å². The average molecular weight is 277 g/mol. The first-order valence-corrected chi connectivity index (χ1v) is 6.29. The van der Waals surface area contributed by atoms with Crippen molar-refractivity contribution in [2.45, 2.75) is 24.8 Å². The van der Waals surface area contributed by atoms with Crippen LogP contribution >= 0.6 is 0 Å². The molecule has 1 amide bonds. The van der Waals surface area contributed by atoms with Crippen LogP contribution in [0.1, 0.15) is 24.8 Å². The number of amides is 1. The minimum atomic E-state index is -2.05. The predicted molar refractivity (Wildman–Crippen MR) is 68.9 cm³/mol. The zero-order chi connectivity index (χ0) is 14.8. The predicted octanol–water partition coefficient (Wildman–Crippen LogP) is 0.677. The number of carboxylic acid groups (broad SMARTS) is 1. The first-order valence-electron chi connectivity index (χ1n) is 6.29. The van der Waals surface area contributed by atoms with Gasteiger partial charge in [0.05, 0.1) is 6.61 Å². The minimum Gasteiger partial charge on any atom is -0.479 e. The smallest absolute Gasteiger partial charge is 0.344 e. The number of carbonyl (C=O) groups excluding carboxylic acids is 2. The molecule has 0 spiro atoms. The first kappa shape index (κ1) is 14.0. The Morgan fingerprint density at radius 1 is 1.40 bits per heavy atom. The number of ether oxygens (including phenoxy) is 1. The van der Waals surface area contributed by atoms with Crippen molar-refractivity contribution in [3.05, 3.63) is 35.9 Å². The standard InChI is InChI=1S/C14H15NO5/c1-2-20-13(19)14(12(17)18)10(8-11(16)15-14)9-6-4-3-5-7-9/h3-7,10H,2,8H2,1H3,(H,15,16)(H,17,18)/t10-,14-/m1/s1. The Kier molecular flexibility index (Phi) is 3.74. The SMILES string of the molecule is CCOC(=O)[C@@]1(C(=O)O)NC(=O)C[C@@H]1c1ccccc1. The van der Waals surface area contributed by atoms with Gasteiger partial charge in [-0.2, -0.15) is 0 Å². The molecular formula is C14H15NO5. The third-order valence-electron chi connectivity index (χ3n) is 3.39. The number of carboxylic acids is 1. The van der Waals surface area contributed by atoms with Gasteiger partial charge in [-0.15, -0.1) is 0 Å². The average Bonchev–Trinajstić information content (AvgIpc) is 2.79. The lowest BCUT2D eigenvalue weighted by molar-refractivity contribution is -0.163. The molecule has 106 valence electrons. The van der Waals surface area contributed by atoms with E-state index in [2.05, 4.69) is 5.32 Å². The normalized spacial score (nSPS) is 25.1. The van der Waals surface area contributed by atoms with Crippen LogP contribution in [0, 0.1) is 0 Å². The van der Waals surface area contributed by atoms with E-state index in [0.29, 0.717) is 5.56 Å². The van der Waals surface area contributed by atoms with Crippen LogP contribution in [0.3, 0.4) is 0 Å². The van der Waals surface area contributed by atoms with E-state index < -0.39 is 29.3 Å². The van der Waals surface area contributed by atoms with Crippen molar-refractivity contribution < 1.29 is 24.2 Å². The van der Waals surface area contributed by atoms with E-state index in [9.17, 15) is 19.5 Å². The monoisotopic (exact) mass is 277 g/mol. The highest BCUT2D eigenvalue weighted by molar-refractivity contribution is 6.11. The molecule has 1 aliphatic heterocycles. The van der Waals surface area contributed by atoms with Crippen molar-refractivity contribution in [2.24, 2.45) is 0 Å². The number of rotatable bonds is 4. The van der Waals surface area contributed by atoms with Gasteiger partial charge >= 0.3 is 11.9 Å². The second-order valence-electron chi connectivity index (χ2n) is 4.55. The molecule has 0 bridgehead atoms. The second-order valence-corrected chi connectivity index (χ2v) is 4.55. The summed E-state index contributed by atoms with van der Waals surface area (Å²) in [6.07, 6.45) is -0.0604. The third kappa shape index (κ3) is 2.13. The van der Waals surface area contributed by atoms with Crippen molar-refractivity contribution in [3.8, 4) is 0 Å². The number of aliphatic carboxylic acids is 1. The van der Waals surface area contributed by atoms with Gasteiger partial charge in [0, 0.05) is 12.3 Å². The second kappa shape index (κ2) is 5.32. The highest BCUT2D eigenvalue weighted by atomic mass is 16.5. The van der Waals surface area contributed by atoms with Crippen LogP contribution in [0.5, 0.6) is 0 Å². The summed E-state index contributed by atoms with van der Waals surface area (Å²) in [5.41, 5.74) is -1.43. The van der Waals surface area contributed by atoms with E-state index in [0.717, 1.165) is 0 Å². The molecule has 1 fully saturated rings.